The lowest BCUT2D eigenvalue weighted by Crippen LogP contribution is -2.40. The van der Waals surface area contributed by atoms with E-state index in [9.17, 15) is 4.79 Å². The third-order valence-electron chi connectivity index (χ3n) is 5.47. The van der Waals surface area contributed by atoms with Crippen molar-refractivity contribution >= 4 is 23.2 Å². The minimum atomic E-state index is -0.181. The second-order valence-electron chi connectivity index (χ2n) is 7.83. The van der Waals surface area contributed by atoms with Crippen LogP contribution in [0.4, 0.5) is 0 Å². The van der Waals surface area contributed by atoms with Crippen LogP contribution in [0.3, 0.4) is 0 Å². The standard InChI is InChI=1S/C22H32N6OS/c1-15-16(2)30-20(27-15)12-26-22(24-3)25-11-17-6-4-7-18(10-17)13-28-9-5-8-19(14-28)21(23)29/h4,6-7,10,19H,5,8-9,11-14H2,1-3H3,(H2,23,29)(H2,24,25,26). The van der Waals surface area contributed by atoms with Gasteiger partial charge in [0.2, 0.25) is 5.91 Å². The summed E-state index contributed by atoms with van der Waals surface area (Å²) in [5.74, 6) is 0.550. The zero-order chi connectivity index (χ0) is 21.5. The third-order valence-corrected chi connectivity index (χ3v) is 6.54. The van der Waals surface area contributed by atoms with E-state index in [0.717, 1.165) is 49.1 Å². The van der Waals surface area contributed by atoms with Gasteiger partial charge in [0, 0.05) is 31.6 Å². The molecular weight excluding hydrogens is 396 g/mol. The first-order valence-corrected chi connectivity index (χ1v) is 11.2. The number of primary amides is 1. The summed E-state index contributed by atoms with van der Waals surface area (Å²) in [7, 11) is 1.77. The van der Waals surface area contributed by atoms with Crippen molar-refractivity contribution in [2.45, 2.75) is 46.3 Å². The monoisotopic (exact) mass is 428 g/mol. The Morgan fingerprint density at radius 1 is 1.30 bits per heavy atom. The molecule has 2 aromatic rings. The molecule has 1 amide bonds. The summed E-state index contributed by atoms with van der Waals surface area (Å²) in [5, 5.41) is 7.76. The van der Waals surface area contributed by atoms with Gasteiger partial charge < -0.3 is 16.4 Å². The minimum Gasteiger partial charge on any atom is -0.369 e. The Bertz CT molecular complexity index is 874. The van der Waals surface area contributed by atoms with Gasteiger partial charge in [0.05, 0.1) is 18.2 Å². The molecule has 3 rings (SSSR count). The fourth-order valence-corrected chi connectivity index (χ4v) is 4.58. The highest BCUT2D eigenvalue weighted by atomic mass is 32.1. The SMILES string of the molecule is CN=C(NCc1cccc(CN2CCCC(C(N)=O)C2)c1)NCc1nc(C)c(C)s1. The molecule has 0 bridgehead atoms. The fourth-order valence-electron chi connectivity index (χ4n) is 3.71. The Labute approximate surface area is 182 Å². The van der Waals surface area contributed by atoms with Gasteiger partial charge in [-0.15, -0.1) is 11.3 Å². The molecule has 1 aliphatic heterocycles. The van der Waals surface area contributed by atoms with Gasteiger partial charge in [0.1, 0.15) is 5.01 Å². The summed E-state index contributed by atoms with van der Waals surface area (Å²) in [5.41, 5.74) is 9.03. The first kappa shape index (κ1) is 22.2. The number of amides is 1. The number of aliphatic imine (C=N–C) groups is 1. The smallest absolute Gasteiger partial charge is 0.221 e. The molecule has 1 aromatic carbocycles. The highest BCUT2D eigenvalue weighted by Crippen LogP contribution is 2.19. The van der Waals surface area contributed by atoms with Crippen LogP contribution < -0.4 is 16.4 Å². The van der Waals surface area contributed by atoms with E-state index in [1.54, 1.807) is 18.4 Å². The largest absolute Gasteiger partial charge is 0.369 e. The van der Waals surface area contributed by atoms with Crippen LogP contribution in [0.15, 0.2) is 29.3 Å². The molecule has 1 saturated heterocycles. The Kier molecular flexibility index (Phi) is 7.81. The summed E-state index contributed by atoms with van der Waals surface area (Å²) < 4.78 is 0. The molecule has 1 unspecified atom stereocenters. The summed E-state index contributed by atoms with van der Waals surface area (Å²) in [4.78, 5) is 24.0. The van der Waals surface area contributed by atoms with Gasteiger partial charge >= 0.3 is 0 Å². The van der Waals surface area contributed by atoms with E-state index >= 15 is 0 Å². The quantitative estimate of drug-likeness (QED) is 0.465. The molecule has 162 valence electrons. The lowest BCUT2D eigenvalue weighted by atomic mass is 9.97. The molecule has 0 saturated carbocycles. The second-order valence-corrected chi connectivity index (χ2v) is 9.11. The van der Waals surface area contributed by atoms with Crippen molar-refractivity contribution in [2.24, 2.45) is 16.6 Å². The first-order chi connectivity index (χ1) is 14.4. The maximum absolute atomic E-state index is 11.5. The zero-order valence-electron chi connectivity index (χ0n) is 18.1. The van der Waals surface area contributed by atoms with Gasteiger partial charge in [-0.3, -0.25) is 14.7 Å². The van der Waals surface area contributed by atoms with Crippen molar-refractivity contribution in [3.8, 4) is 0 Å². The number of aromatic nitrogens is 1. The molecule has 1 fully saturated rings. The molecular formula is C22H32N6OS. The van der Waals surface area contributed by atoms with Crippen molar-refractivity contribution in [3.63, 3.8) is 0 Å². The molecule has 8 heteroatoms. The normalized spacial score (nSPS) is 17.7. The van der Waals surface area contributed by atoms with E-state index in [-0.39, 0.29) is 11.8 Å². The Morgan fingerprint density at radius 3 is 2.77 bits per heavy atom. The summed E-state index contributed by atoms with van der Waals surface area (Å²) in [6, 6.07) is 8.54. The molecule has 0 spiro atoms. The average molecular weight is 429 g/mol. The van der Waals surface area contributed by atoms with Crippen molar-refractivity contribution in [3.05, 3.63) is 51.0 Å². The number of guanidine groups is 1. The maximum Gasteiger partial charge on any atom is 0.221 e. The predicted octanol–water partition coefficient (Wildman–Crippen LogP) is 2.32. The summed E-state index contributed by atoms with van der Waals surface area (Å²) in [6.07, 6.45) is 1.93. The molecule has 30 heavy (non-hydrogen) atoms. The van der Waals surface area contributed by atoms with Crippen LogP contribution in [0.5, 0.6) is 0 Å². The summed E-state index contributed by atoms with van der Waals surface area (Å²) in [6.45, 7) is 8.08. The van der Waals surface area contributed by atoms with Gasteiger partial charge in [0.15, 0.2) is 5.96 Å². The number of likely N-dealkylation sites (tertiary alicyclic amines) is 1. The van der Waals surface area contributed by atoms with E-state index in [1.165, 1.54) is 16.0 Å². The number of carbonyl (C=O) groups is 1. The number of hydrogen-bond donors (Lipinski definition) is 3. The van der Waals surface area contributed by atoms with E-state index in [1.807, 2.05) is 6.92 Å². The average Bonchev–Trinajstić information content (AvgIpc) is 3.06. The third kappa shape index (κ3) is 6.27. The number of benzene rings is 1. The number of aryl methyl sites for hydroxylation is 2. The van der Waals surface area contributed by atoms with Gasteiger partial charge in [0.25, 0.3) is 0 Å². The van der Waals surface area contributed by atoms with Crippen LogP contribution in [-0.2, 0) is 24.4 Å². The Balaban J connectivity index is 1.51. The van der Waals surface area contributed by atoms with Gasteiger partial charge in [-0.1, -0.05) is 24.3 Å². The van der Waals surface area contributed by atoms with Gasteiger partial charge in [-0.25, -0.2) is 4.98 Å². The van der Waals surface area contributed by atoms with Crippen LogP contribution in [0.2, 0.25) is 0 Å². The number of hydrogen-bond acceptors (Lipinski definition) is 5. The number of nitrogens with zero attached hydrogens (tertiary/aromatic N) is 3. The zero-order valence-corrected chi connectivity index (χ0v) is 18.9. The number of rotatable bonds is 7. The van der Waals surface area contributed by atoms with Crippen LogP contribution in [0.1, 0.15) is 39.5 Å². The van der Waals surface area contributed by atoms with Crippen LogP contribution >= 0.6 is 11.3 Å². The molecule has 0 aliphatic carbocycles. The van der Waals surface area contributed by atoms with E-state index in [0.29, 0.717) is 13.1 Å². The lowest BCUT2D eigenvalue weighted by molar-refractivity contribution is -0.123. The second kappa shape index (κ2) is 10.5. The number of nitrogens with two attached hydrogens (primary N) is 1. The van der Waals surface area contributed by atoms with Crippen LogP contribution in [-0.4, -0.2) is 41.9 Å². The number of nitrogens with one attached hydrogen (secondary N) is 2. The highest BCUT2D eigenvalue weighted by Gasteiger charge is 2.23. The van der Waals surface area contributed by atoms with E-state index in [4.69, 9.17) is 5.73 Å². The summed E-state index contributed by atoms with van der Waals surface area (Å²) >= 11 is 1.71. The molecule has 7 nitrogen and oxygen atoms in total. The van der Waals surface area contributed by atoms with Gasteiger partial charge in [-0.2, -0.15) is 0 Å². The molecule has 0 radical (unpaired) electrons. The van der Waals surface area contributed by atoms with Crippen molar-refractivity contribution in [1.29, 1.82) is 0 Å². The fraction of sp³-hybridized carbons (Fsp3) is 0.500. The number of piperidine rings is 1. The van der Waals surface area contributed by atoms with E-state index in [2.05, 4.69) is 56.7 Å². The van der Waals surface area contributed by atoms with E-state index < -0.39 is 0 Å². The number of carbonyl (C=O) groups excluding carboxylic acids is 1. The Hall–Kier alpha value is -2.45. The molecule has 2 heterocycles. The molecule has 1 atom stereocenters. The van der Waals surface area contributed by atoms with Gasteiger partial charge in [-0.05, 0) is 44.4 Å². The highest BCUT2D eigenvalue weighted by molar-refractivity contribution is 7.11. The van der Waals surface area contributed by atoms with Crippen molar-refractivity contribution in [2.75, 3.05) is 20.1 Å². The topological polar surface area (TPSA) is 95.6 Å². The molecule has 1 aliphatic rings. The van der Waals surface area contributed by atoms with Crippen LogP contribution in [0, 0.1) is 19.8 Å². The Morgan fingerprint density at radius 2 is 2.07 bits per heavy atom. The minimum absolute atomic E-state index is 0.0246. The lowest BCUT2D eigenvalue weighted by Gasteiger charge is -2.31. The number of thiazole rings is 1. The van der Waals surface area contributed by atoms with Crippen molar-refractivity contribution in [1.82, 2.24) is 20.5 Å². The molecule has 4 N–H and O–H groups in total. The maximum atomic E-state index is 11.5. The first-order valence-electron chi connectivity index (χ1n) is 10.4. The molecule has 1 aromatic heterocycles. The predicted molar refractivity (Wildman–Crippen MR) is 122 cm³/mol. The van der Waals surface area contributed by atoms with Crippen LogP contribution in [0.25, 0.3) is 0 Å². The van der Waals surface area contributed by atoms with Crippen molar-refractivity contribution < 1.29 is 4.79 Å².